The summed E-state index contributed by atoms with van der Waals surface area (Å²) in [4.78, 5) is 38.4. The van der Waals surface area contributed by atoms with Crippen molar-refractivity contribution in [3.8, 4) is 0 Å². The van der Waals surface area contributed by atoms with Gasteiger partial charge in [-0.05, 0) is 25.8 Å². The molecule has 1 heterocycles. The summed E-state index contributed by atoms with van der Waals surface area (Å²) < 4.78 is 4.92. The van der Waals surface area contributed by atoms with Gasteiger partial charge in [0, 0.05) is 30.8 Å². The number of ether oxygens (including phenoxy) is 1. The van der Waals surface area contributed by atoms with Crippen LogP contribution in [-0.2, 0) is 11.2 Å². The van der Waals surface area contributed by atoms with Crippen LogP contribution in [-0.4, -0.2) is 36.4 Å². The van der Waals surface area contributed by atoms with Crippen molar-refractivity contribution in [1.29, 1.82) is 0 Å². The molecule has 20 heavy (non-hydrogen) atoms. The van der Waals surface area contributed by atoms with E-state index in [-0.39, 0.29) is 17.4 Å². The number of aromatic nitrogens is 1. The lowest BCUT2D eigenvalue weighted by atomic mass is 9.93. The van der Waals surface area contributed by atoms with Gasteiger partial charge < -0.3 is 15.0 Å². The number of fused-ring (bicyclic) bond motifs is 1. The van der Waals surface area contributed by atoms with E-state index in [1.165, 1.54) is 13.2 Å². The summed E-state index contributed by atoms with van der Waals surface area (Å²) in [6, 6.07) is 1.20. The number of carbonyl (C=O) groups excluding carboxylic acids is 2. The number of H-pyrrole nitrogens is 1. The van der Waals surface area contributed by atoms with Crippen molar-refractivity contribution in [2.24, 2.45) is 0 Å². The Hall–Kier alpha value is -1.95. The maximum absolute atomic E-state index is 12.0. The van der Waals surface area contributed by atoms with Gasteiger partial charge in [-0.3, -0.25) is 14.4 Å². The van der Waals surface area contributed by atoms with Crippen molar-refractivity contribution in [2.75, 3.05) is 13.7 Å². The van der Waals surface area contributed by atoms with Crippen molar-refractivity contribution in [1.82, 2.24) is 10.3 Å². The van der Waals surface area contributed by atoms with Crippen LogP contribution in [0.4, 0.5) is 0 Å². The van der Waals surface area contributed by atoms with Gasteiger partial charge in [0.15, 0.2) is 5.78 Å². The first-order valence-electron chi connectivity index (χ1n) is 6.62. The van der Waals surface area contributed by atoms with Crippen LogP contribution in [0.15, 0.2) is 10.9 Å². The van der Waals surface area contributed by atoms with Gasteiger partial charge in [0.2, 0.25) is 0 Å². The Kier molecular flexibility index (Phi) is 4.34. The maximum Gasteiger partial charge on any atom is 0.261 e. The minimum absolute atomic E-state index is 0.0260. The molecular weight excluding hydrogens is 260 g/mol. The van der Waals surface area contributed by atoms with E-state index in [0.29, 0.717) is 30.7 Å². The van der Waals surface area contributed by atoms with Gasteiger partial charge in [-0.2, -0.15) is 0 Å². The molecule has 6 nitrogen and oxygen atoms in total. The lowest BCUT2D eigenvalue weighted by Crippen LogP contribution is -2.39. The highest BCUT2D eigenvalue weighted by Gasteiger charge is 2.22. The summed E-state index contributed by atoms with van der Waals surface area (Å²) >= 11 is 0. The van der Waals surface area contributed by atoms with Gasteiger partial charge in [-0.25, -0.2) is 0 Å². The average Bonchev–Trinajstić information content (AvgIpc) is 2.38. The van der Waals surface area contributed by atoms with Crippen molar-refractivity contribution >= 4 is 11.7 Å². The SMILES string of the molecule is COC[C@@H](C)NC(=O)c1cc2c([nH]c1=O)CCCC2=O. The number of hydrogen-bond donors (Lipinski definition) is 2. The van der Waals surface area contributed by atoms with Gasteiger partial charge in [-0.15, -0.1) is 0 Å². The van der Waals surface area contributed by atoms with E-state index in [4.69, 9.17) is 4.74 Å². The second kappa shape index (κ2) is 6.00. The predicted octanol–water partition coefficient (Wildman–Crippen LogP) is 0.659. The molecule has 0 fully saturated rings. The zero-order valence-electron chi connectivity index (χ0n) is 11.6. The maximum atomic E-state index is 12.0. The normalized spacial score (nSPS) is 15.6. The fourth-order valence-electron chi connectivity index (χ4n) is 2.34. The summed E-state index contributed by atoms with van der Waals surface area (Å²) in [7, 11) is 1.53. The average molecular weight is 278 g/mol. The molecule has 1 aliphatic carbocycles. The number of Topliss-reactive ketones (excluding diaryl/α,β-unsaturated/α-hetero) is 1. The Bertz CT molecular complexity index is 591. The fourth-order valence-corrected chi connectivity index (χ4v) is 2.34. The third-order valence-corrected chi connectivity index (χ3v) is 3.29. The van der Waals surface area contributed by atoms with Gasteiger partial charge >= 0.3 is 0 Å². The number of aryl methyl sites for hydroxylation is 1. The highest BCUT2D eigenvalue weighted by molar-refractivity contribution is 6.01. The standard InChI is InChI=1S/C14H18N2O4/c1-8(7-20-2)15-13(18)10-6-9-11(16-14(10)19)4-3-5-12(9)17/h6,8H,3-5,7H2,1-2H3,(H,15,18)(H,16,19)/t8-/m1/s1. The van der Waals surface area contributed by atoms with E-state index in [9.17, 15) is 14.4 Å². The molecule has 0 aliphatic heterocycles. The van der Waals surface area contributed by atoms with E-state index in [1.807, 2.05) is 0 Å². The number of carbonyl (C=O) groups is 2. The minimum atomic E-state index is -0.489. The summed E-state index contributed by atoms with van der Waals surface area (Å²) in [5, 5.41) is 2.66. The van der Waals surface area contributed by atoms with Crippen LogP contribution >= 0.6 is 0 Å². The van der Waals surface area contributed by atoms with Crippen LogP contribution in [0.5, 0.6) is 0 Å². The predicted molar refractivity (Wildman–Crippen MR) is 73.1 cm³/mol. The molecular formula is C14H18N2O4. The van der Waals surface area contributed by atoms with E-state index >= 15 is 0 Å². The second-order valence-corrected chi connectivity index (χ2v) is 5.01. The zero-order valence-corrected chi connectivity index (χ0v) is 11.6. The number of methoxy groups -OCH3 is 1. The van der Waals surface area contributed by atoms with Crippen LogP contribution in [0, 0.1) is 0 Å². The Morgan fingerprint density at radius 2 is 2.20 bits per heavy atom. The molecule has 0 saturated heterocycles. The first-order chi connectivity index (χ1) is 9.52. The van der Waals surface area contributed by atoms with E-state index in [0.717, 1.165) is 6.42 Å². The van der Waals surface area contributed by atoms with Crippen LogP contribution in [0.25, 0.3) is 0 Å². The lowest BCUT2D eigenvalue weighted by Gasteiger charge is -2.16. The van der Waals surface area contributed by atoms with Gasteiger partial charge in [0.05, 0.1) is 6.61 Å². The highest BCUT2D eigenvalue weighted by Crippen LogP contribution is 2.18. The van der Waals surface area contributed by atoms with Crippen molar-refractivity contribution in [3.63, 3.8) is 0 Å². The van der Waals surface area contributed by atoms with E-state index < -0.39 is 11.5 Å². The molecule has 1 amide bonds. The third kappa shape index (κ3) is 2.96. The molecule has 1 aromatic heterocycles. The number of aromatic amines is 1. The van der Waals surface area contributed by atoms with Crippen LogP contribution in [0.2, 0.25) is 0 Å². The quantitative estimate of drug-likeness (QED) is 0.846. The zero-order chi connectivity index (χ0) is 14.7. The van der Waals surface area contributed by atoms with Gasteiger partial charge in [-0.1, -0.05) is 0 Å². The summed E-state index contributed by atoms with van der Waals surface area (Å²) in [6.07, 6.45) is 1.86. The largest absolute Gasteiger partial charge is 0.383 e. The number of rotatable bonds is 4. The Morgan fingerprint density at radius 3 is 2.90 bits per heavy atom. The molecule has 0 unspecified atom stereocenters. The van der Waals surface area contributed by atoms with Gasteiger partial charge in [0.25, 0.3) is 11.5 Å². The fraction of sp³-hybridized carbons (Fsp3) is 0.500. The summed E-state index contributed by atoms with van der Waals surface area (Å²) in [6.45, 7) is 2.13. The Labute approximate surface area is 116 Å². The Balaban J connectivity index is 2.28. The molecule has 0 bridgehead atoms. The summed E-state index contributed by atoms with van der Waals surface area (Å²) in [5.74, 6) is -0.515. The molecule has 0 radical (unpaired) electrons. The topological polar surface area (TPSA) is 88.3 Å². The molecule has 1 aromatic rings. The first-order valence-corrected chi connectivity index (χ1v) is 6.62. The van der Waals surface area contributed by atoms with Crippen molar-refractivity contribution in [2.45, 2.75) is 32.2 Å². The highest BCUT2D eigenvalue weighted by atomic mass is 16.5. The third-order valence-electron chi connectivity index (χ3n) is 3.29. The molecule has 0 spiro atoms. The summed E-state index contributed by atoms with van der Waals surface area (Å²) in [5.41, 5.74) is 0.607. The molecule has 6 heteroatoms. The van der Waals surface area contributed by atoms with Crippen LogP contribution < -0.4 is 10.9 Å². The van der Waals surface area contributed by atoms with E-state index in [1.54, 1.807) is 6.92 Å². The number of amides is 1. The van der Waals surface area contributed by atoms with Crippen molar-refractivity contribution < 1.29 is 14.3 Å². The molecule has 2 rings (SSSR count). The first kappa shape index (κ1) is 14.5. The monoisotopic (exact) mass is 278 g/mol. The second-order valence-electron chi connectivity index (χ2n) is 5.01. The number of pyridine rings is 1. The molecule has 1 atom stereocenters. The molecule has 108 valence electrons. The molecule has 0 aromatic carbocycles. The van der Waals surface area contributed by atoms with Crippen LogP contribution in [0.3, 0.4) is 0 Å². The Morgan fingerprint density at radius 1 is 1.45 bits per heavy atom. The minimum Gasteiger partial charge on any atom is -0.383 e. The number of nitrogens with one attached hydrogen (secondary N) is 2. The van der Waals surface area contributed by atoms with E-state index in [2.05, 4.69) is 10.3 Å². The van der Waals surface area contributed by atoms with Crippen LogP contribution in [0.1, 0.15) is 46.2 Å². The molecule has 0 saturated carbocycles. The van der Waals surface area contributed by atoms with Gasteiger partial charge in [0.1, 0.15) is 5.56 Å². The number of ketones is 1. The smallest absolute Gasteiger partial charge is 0.261 e. The van der Waals surface area contributed by atoms with Crippen molar-refractivity contribution in [3.05, 3.63) is 33.2 Å². The number of hydrogen-bond acceptors (Lipinski definition) is 4. The molecule has 2 N–H and O–H groups in total. The molecule has 1 aliphatic rings. The lowest BCUT2D eigenvalue weighted by molar-refractivity contribution is 0.0904.